The summed E-state index contributed by atoms with van der Waals surface area (Å²) in [5.74, 6) is 0.558. The van der Waals surface area contributed by atoms with Gasteiger partial charge in [-0.1, -0.05) is 32.0 Å². The molecule has 6 aromatic heterocycles. The zero-order chi connectivity index (χ0) is 28.8. The lowest BCUT2D eigenvalue weighted by Gasteiger charge is -2.20. The summed E-state index contributed by atoms with van der Waals surface area (Å²) in [6.07, 6.45) is 11.3. The first-order valence-corrected chi connectivity index (χ1v) is 13.7. The minimum Gasteiger partial charge on any atom is -0.377 e. The number of nitrogens with zero attached hydrogens (tertiary/aromatic N) is 5. The zero-order valence-corrected chi connectivity index (χ0v) is 24.1. The van der Waals surface area contributed by atoms with Crippen molar-refractivity contribution in [2.24, 2.45) is 0 Å². The van der Waals surface area contributed by atoms with Crippen molar-refractivity contribution in [3.8, 4) is 0 Å². The van der Waals surface area contributed by atoms with Crippen LogP contribution in [-0.4, -0.2) is 51.0 Å². The van der Waals surface area contributed by atoms with Crippen LogP contribution in [0.2, 0.25) is 0 Å². The Balaban J connectivity index is 0.000000127. The van der Waals surface area contributed by atoms with Gasteiger partial charge in [-0.05, 0) is 60.0 Å². The number of para-hydroxylation sites is 1. The van der Waals surface area contributed by atoms with Crippen molar-refractivity contribution in [3.05, 3.63) is 109 Å². The van der Waals surface area contributed by atoms with E-state index in [9.17, 15) is 0 Å². The summed E-state index contributed by atoms with van der Waals surface area (Å²) < 4.78 is 0. The Morgan fingerprint density at radius 1 is 0.585 bits per heavy atom. The largest absolute Gasteiger partial charge is 0.377 e. The molecule has 6 heterocycles. The lowest BCUT2D eigenvalue weighted by molar-refractivity contribution is 0.875. The van der Waals surface area contributed by atoms with E-state index in [1.54, 1.807) is 0 Å². The number of anilines is 3. The summed E-state index contributed by atoms with van der Waals surface area (Å²) in [6.45, 7) is 4.38. The molecule has 0 bridgehead atoms. The molecule has 0 saturated carbocycles. The number of rotatable bonds is 4. The average Bonchev–Trinajstić information content (AvgIpc) is 3.77. The van der Waals surface area contributed by atoms with Gasteiger partial charge in [-0.15, -0.1) is 0 Å². The lowest BCUT2D eigenvalue weighted by atomic mass is 10.0. The number of benzene rings is 1. The second-order valence-electron chi connectivity index (χ2n) is 10.2. The van der Waals surface area contributed by atoms with Gasteiger partial charge in [0.1, 0.15) is 16.9 Å². The van der Waals surface area contributed by atoms with Crippen molar-refractivity contribution in [2.45, 2.75) is 19.8 Å². The van der Waals surface area contributed by atoms with Gasteiger partial charge in [-0.3, -0.25) is 0 Å². The Hall–Kier alpha value is -5.11. The minimum absolute atomic E-state index is 0.558. The first-order valence-electron chi connectivity index (χ1n) is 13.7. The van der Waals surface area contributed by atoms with Crippen LogP contribution in [0, 0.1) is 0 Å². The summed E-state index contributed by atoms with van der Waals surface area (Å²) in [5, 5.41) is 3.55. The summed E-state index contributed by atoms with van der Waals surface area (Å²) in [6, 6.07) is 22.5. The molecule has 7 aromatic rings. The van der Waals surface area contributed by atoms with Gasteiger partial charge in [0.05, 0.1) is 5.69 Å². The maximum atomic E-state index is 4.30. The Bertz CT molecular complexity index is 1820. The number of nitrogens with one attached hydrogen (secondary N) is 3. The number of aromatic nitrogens is 6. The topological polar surface area (TPSA) is 92.5 Å². The van der Waals surface area contributed by atoms with Crippen molar-refractivity contribution < 1.29 is 0 Å². The molecule has 0 spiro atoms. The van der Waals surface area contributed by atoms with Crippen LogP contribution in [0.1, 0.15) is 25.3 Å². The Morgan fingerprint density at radius 3 is 1.80 bits per heavy atom. The first-order chi connectivity index (χ1) is 19.9. The molecular weight excluding hydrogens is 508 g/mol. The molecule has 8 heteroatoms. The van der Waals surface area contributed by atoms with Gasteiger partial charge in [0.25, 0.3) is 0 Å². The molecule has 1 aromatic carbocycles. The summed E-state index contributed by atoms with van der Waals surface area (Å²) >= 11 is 0. The van der Waals surface area contributed by atoms with Crippen LogP contribution in [-0.2, 0) is 0 Å². The number of pyridine rings is 3. The summed E-state index contributed by atoms with van der Waals surface area (Å²) in [4.78, 5) is 26.3. The van der Waals surface area contributed by atoms with Crippen LogP contribution < -0.4 is 9.80 Å². The maximum absolute atomic E-state index is 4.30. The number of fused-ring (bicyclic) bond motifs is 3. The van der Waals surface area contributed by atoms with Gasteiger partial charge in [0, 0.05) is 85.9 Å². The molecule has 7 rings (SSSR count). The highest BCUT2D eigenvalue weighted by atomic mass is 15.1. The molecule has 8 nitrogen and oxygen atoms in total. The van der Waals surface area contributed by atoms with Crippen molar-refractivity contribution in [1.29, 1.82) is 0 Å². The molecule has 208 valence electrons. The van der Waals surface area contributed by atoms with E-state index in [0.717, 1.165) is 28.0 Å². The Labute approximate surface area is 240 Å². The van der Waals surface area contributed by atoms with E-state index in [4.69, 9.17) is 0 Å². The van der Waals surface area contributed by atoms with E-state index < -0.39 is 0 Å². The highest BCUT2D eigenvalue weighted by Gasteiger charge is 2.09. The molecule has 3 N–H and O–H groups in total. The lowest BCUT2D eigenvalue weighted by Crippen LogP contribution is -2.09. The van der Waals surface area contributed by atoms with Crippen molar-refractivity contribution in [2.75, 3.05) is 30.9 Å². The standard InChI is InChI=1S/C14H13N3.C10H12N2.C9H11N3/c1-17(11-5-3-2-4-6-11)13-8-10-16-14-12(13)7-9-15-14;1-7(2)9-6-12-10-8(9)4-3-5-11-10;1-12(2)8-4-6-11-9-7(8)3-5-10-9/h2-10H,1H3,(H,15,16);3-7H,1-2H3,(H,11,12);3-6H,1-2H3,(H,10,11). The van der Waals surface area contributed by atoms with Gasteiger partial charge in [-0.2, -0.15) is 0 Å². The van der Waals surface area contributed by atoms with E-state index in [-0.39, 0.29) is 0 Å². The molecule has 0 radical (unpaired) electrons. The second kappa shape index (κ2) is 12.4. The molecule has 41 heavy (non-hydrogen) atoms. The Morgan fingerprint density at radius 2 is 1.17 bits per heavy atom. The van der Waals surface area contributed by atoms with Gasteiger partial charge in [-0.25, -0.2) is 15.0 Å². The van der Waals surface area contributed by atoms with E-state index >= 15 is 0 Å². The number of aromatic amines is 3. The molecule has 0 fully saturated rings. The van der Waals surface area contributed by atoms with Crippen LogP contribution in [0.4, 0.5) is 17.1 Å². The first kappa shape index (κ1) is 27.5. The van der Waals surface area contributed by atoms with Crippen LogP contribution in [0.25, 0.3) is 33.1 Å². The monoisotopic (exact) mass is 544 g/mol. The highest BCUT2D eigenvalue weighted by molar-refractivity contribution is 5.92. The van der Waals surface area contributed by atoms with Crippen LogP contribution in [0.5, 0.6) is 0 Å². The van der Waals surface area contributed by atoms with Crippen molar-refractivity contribution in [1.82, 2.24) is 29.9 Å². The van der Waals surface area contributed by atoms with Crippen molar-refractivity contribution >= 4 is 50.2 Å². The third-order valence-corrected chi connectivity index (χ3v) is 6.97. The summed E-state index contributed by atoms with van der Waals surface area (Å²) in [5.41, 5.74) is 7.72. The molecule has 0 aliphatic heterocycles. The third kappa shape index (κ3) is 6.06. The van der Waals surface area contributed by atoms with E-state index in [0.29, 0.717) is 5.92 Å². The fourth-order valence-electron chi connectivity index (χ4n) is 4.82. The summed E-state index contributed by atoms with van der Waals surface area (Å²) in [7, 11) is 6.13. The minimum atomic E-state index is 0.558. The molecule has 0 aliphatic rings. The predicted molar refractivity (Wildman–Crippen MR) is 171 cm³/mol. The van der Waals surface area contributed by atoms with E-state index in [1.165, 1.54) is 27.7 Å². The number of hydrogen-bond acceptors (Lipinski definition) is 5. The molecular formula is C33H36N8. The van der Waals surface area contributed by atoms with E-state index in [2.05, 4.69) is 84.9 Å². The van der Waals surface area contributed by atoms with Crippen LogP contribution >= 0.6 is 0 Å². The number of H-pyrrole nitrogens is 3. The normalized spacial score (nSPS) is 10.8. The fraction of sp³-hybridized carbons (Fsp3) is 0.182. The van der Waals surface area contributed by atoms with Gasteiger partial charge < -0.3 is 24.8 Å². The molecule has 0 amide bonds. The highest BCUT2D eigenvalue weighted by Crippen LogP contribution is 2.29. The number of hydrogen-bond donors (Lipinski definition) is 3. The zero-order valence-electron chi connectivity index (χ0n) is 24.1. The smallest absolute Gasteiger partial charge is 0.139 e. The quantitative estimate of drug-likeness (QED) is 0.212. The maximum Gasteiger partial charge on any atom is 0.139 e. The van der Waals surface area contributed by atoms with Crippen LogP contribution in [0.15, 0.2) is 104 Å². The Kier molecular flexibility index (Phi) is 8.29. The molecule has 0 atom stereocenters. The second-order valence-corrected chi connectivity index (χ2v) is 10.2. The fourth-order valence-corrected chi connectivity index (χ4v) is 4.82. The SMILES string of the molecule is CC(C)c1c[nH]c2ncccc12.CN(C)c1ccnc2[nH]ccc12.CN(c1ccccc1)c1ccnc2[nH]ccc12. The molecule has 0 unspecified atom stereocenters. The van der Waals surface area contributed by atoms with Crippen LogP contribution in [0.3, 0.4) is 0 Å². The van der Waals surface area contributed by atoms with Gasteiger partial charge in [0.2, 0.25) is 0 Å². The molecule has 0 aliphatic carbocycles. The van der Waals surface area contributed by atoms with Gasteiger partial charge >= 0.3 is 0 Å². The molecule has 0 saturated heterocycles. The predicted octanol–water partition coefficient (Wildman–Crippen LogP) is 7.65. The average molecular weight is 545 g/mol. The van der Waals surface area contributed by atoms with Gasteiger partial charge in [0.15, 0.2) is 0 Å². The van der Waals surface area contributed by atoms with Crippen molar-refractivity contribution in [3.63, 3.8) is 0 Å². The van der Waals surface area contributed by atoms with E-state index in [1.807, 2.05) is 93.7 Å². The third-order valence-electron chi connectivity index (χ3n) is 6.97.